The lowest BCUT2D eigenvalue weighted by Gasteiger charge is -2.11. The Morgan fingerprint density at radius 3 is 2.50 bits per heavy atom. The highest BCUT2D eigenvalue weighted by molar-refractivity contribution is 14.2. The smallest absolute Gasteiger partial charge is 0.356 e. The number of benzene rings is 2. The molecule has 4 aromatic rings. The summed E-state index contributed by atoms with van der Waals surface area (Å²) in [5.74, 6) is -0.679. The summed E-state index contributed by atoms with van der Waals surface area (Å²) in [6, 6.07) is 11.2. The maximum Gasteiger partial charge on any atom is 0.434 e. The normalized spacial score (nSPS) is 11.8. The average molecular weight is 548 g/mol. The van der Waals surface area contributed by atoms with Crippen LogP contribution in [0, 0.1) is 9.39 Å². The molecule has 0 N–H and O–H groups in total. The van der Waals surface area contributed by atoms with Crippen molar-refractivity contribution in [1.29, 1.82) is 0 Å². The molecule has 2 aromatic heterocycles. The Morgan fingerprint density at radius 2 is 1.83 bits per heavy atom. The summed E-state index contributed by atoms with van der Waals surface area (Å²) in [5.41, 5.74) is -0.373. The molecule has 4 rings (SSSR count). The summed E-state index contributed by atoms with van der Waals surface area (Å²) < 4.78 is 65.6. The largest absolute Gasteiger partial charge is 0.434 e. The molecule has 154 valence electrons. The van der Waals surface area contributed by atoms with E-state index in [9.17, 15) is 17.6 Å². The van der Waals surface area contributed by atoms with Crippen molar-refractivity contribution in [3.05, 3.63) is 74.8 Å². The van der Waals surface area contributed by atoms with Crippen LogP contribution in [0.3, 0.4) is 0 Å². The van der Waals surface area contributed by atoms with Gasteiger partial charge < -0.3 is 4.52 Å². The molecule has 0 saturated carbocycles. The molecule has 0 aliphatic heterocycles. The van der Waals surface area contributed by atoms with Crippen molar-refractivity contribution in [3.63, 3.8) is 0 Å². The standard InChI is InChI=1S/C20H11ClF4IN3O/c1-26-15-4-2-3-14(21)18(15)16-9-17(30-28-16)13-10-27-29(19(13)20(23,24)25)12-7-5-11(22)6-8-12/h2-10H,1H2. The molecule has 0 amide bonds. The highest BCUT2D eigenvalue weighted by Gasteiger charge is 2.40. The molecule has 4 nitrogen and oxygen atoms in total. The zero-order valence-corrected chi connectivity index (χ0v) is 17.8. The lowest BCUT2D eigenvalue weighted by molar-refractivity contribution is -0.142. The van der Waals surface area contributed by atoms with Crippen molar-refractivity contribution in [2.24, 2.45) is 0 Å². The van der Waals surface area contributed by atoms with Crippen LogP contribution >= 0.6 is 32.3 Å². The van der Waals surface area contributed by atoms with Gasteiger partial charge in [-0.15, -0.1) is 0 Å². The molecule has 0 aliphatic rings. The second kappa shape index (κ2) is 7.95. The van der Waals surface area contributed by atoms with Gasteiger partial charge in [-0.2, -0.15) is 18.3 Å². The Labute approximate surface area is 182 Å². The SMILES string of the molecule is C=Ic1cccc(Cl)c1-c1cc(-c2cnn(-c3ccc(F)cc3)c2C(F)(F)F)on1. The van der Waals surface area contributed by atoms with Gasteiger partial charge in [-0.1, -0.05) is 48.1 Å². The maximum absolute atomic E-state index is 13.9. The van der Waals surface area contributed by atoms with Crippen molar-refractivity contribution in [1.82, 2.24) is 14.9 Å². The van der Waals surface area contributed by atoms with Crippen LogP contribution < -0.4 is 0 Å². The summed E-state index contributed by atoms with van der Waals surface area (Å²) in [7, 11) is 0. The van der Waals surface area contributed by atoms with E-state index in [1.54, 1.807) is 12.1 Å². The predicted molar refractivity (Wildman–Crippen MR) is 114 cm³/mol. The number of alkyl halides is 3. The van der Waals surface area contributed by atoms with Crippen LogP contribution in [0.2, 0.25) is 5.02 Å². The van der Waals surface area contributed by atoms with E-state index in [1.165, 1.54) is 18.2 Å². The van der Waals surface area contributed by atoms with Gasteiger partial charge in [0.2, 0.25) is 0 Å². The fraction of sp³-hybridized carbons (Fsp3) is 0.0500. The lowest BCUT2D eigenvalue weighted by atomic mass is 10.1. The first-order chi connectivity index (χ1) is 14.3. The van der Waals surface area contributed by atoms with Crippen LogP contribution in [0.25, 0.3) is 28.3 Å². The quantitative estimate of drug-likeness (QED) is 0.214. The zero-order valence-electron chi connectivity index (χ0n) is 14.9. The molecule has 0 aliphatic carbocycles. The van der Waals surface area contributed by atoms with Crippen LogP contribution in [0.15, 0.2) is 59.3 Å². The van der Waals surface area contributed by atoms with Crippen molar-refractivity contribution >= 4 is 36.8 Å². The summed E-state index contributed by atoms with van der Waals surface area (Å²) in [5, 5.41) is 8.18. The monoisotopic (exact) mass is 547 g/mol. The van der Waals surface area contributed by atoms with Gasteiger partial charge in [0, 0.05) is 15.2 Å². The molecule has 30 heavy (non-hydrogen) atoms. The van der Waals surface area contributed by atoms with E-state index in [1.807, 2.05) is 6.07 Å². The molecule has 0 bridgehead atoms. The van der Waals surface area contributed by atoms with E-state index in [-0.39, 0.29) is 17.0 Å². The van der Waals surface area contributed by atoms with E-state index < -0.39 is 38.4 Å². The van der Waals surface area contributed by atoms with Crippen LogP contribution in [-0.2, 0) is 6.18 Å². The average Bonchev–Trinajstić information content (AvgIpc) is 3.35. The highest BCUT2D eigenvalue weighted by Crippen LogP contribution is 2.40. The number of hydrogen-bond donors (Lipinski definition) is 0. The van der Waals surface area contributed by atoms with Crippen LogP contribution in [0.1, 0.15) is 5.69 Å². The third-order valence-electron chi connectivity index (χ3n) is 4.25. The molecule has 0 saturated heterocycles. The first-order valence-corrected chi connectivity index (χ1v) is 11.3. The maximum atomic E-state index is 13.9. The van der Waals surface area contributed by atoms with Crippen LogP contribution in [0.5, 0.6) is 0 Å². The van der Waals surface area contributed by atoms with Crippen molar-refractivity contribution in [2.75, 3.05) is 0 Å². The zero-order chi connectivity index (χ0) is 21.5. The Kier molecular flexibility index (Phi) is 5.49. The van der Waals surface area contributed by atoms with Crippen LogP contribution in [-0.4, -0.2) is 19.5 Å². The van der Waals surface area contributed by atoms with Gasteiger partial charge in [0.05, 0.1) is 22.5 Å². The molecule has 10 heteroatoms. The molecule has 0 spiro atoms. The number of rotatable bonds is 4. The molecule has 0 unspecified atom stereocenters. The van der Waals surface area contributed by atoms with Crippen molar-refractivity contribution < 1.29 is 22.1 Å². The van der Waals surface area contributed by atoms with Gasteiger partial charge in [-0.05, 0) is 36.4 Å². The van der Waals surface area contributed by atoms with Gasteiger partial charge in [0.25, 0.3) is 0 Å². The first kappa shape index (κ1) is 20.7. The highest BCUT2D eigenvalue weighted by atomic mass is 127. The fourth-order valence-corrected chi connectivity index (χ4v) is 4.79. The third-order valence-corrected chi connectivity index (χ3v) is 6.28. The van der Waals surface area contributed by atoms with Gasteiger partial charge in [0.1, 0.15) is 11.5 Å². The minimum absolute atomic E-state index is 0.0601. The van der Waals surface area contributed by atoms with Crippen molar-refractivity contribution in [3.8, 4) is 28.3 Å². The van der Waals surface area contributed by atoms with Crippen molar-refractivity contribution in [2.45, 2.75) is 6.18 Å². The molecule has 2 aromatic carbocycles. The lowest BCUT2D eigenvalue weighted by Crippen LogP contribution is -2.14. The second-order valence-electron chi connectivity index (χ2n) is 6.10. The Balaban J connectivity index is 1.85. The van der Waals surface area contributed by atoms with E-state index >= 15 is 0 Å². The minimum atomic E-state index is -4.75. The molecular weight excluding hydrogens is 537 g/mol. The third kappa shape index (κ3) is 3.79. The molecule has 0 atom stereocenters. The molecule has 0 radical (unpaired) electrons. The number of hydrogen-bond acceptors (Lipinski definition) is 3. The van der Waals surface area contributed by atoms with E-state index in [2.05, 4.69) is 14.8 Å². The van der Waals surface area contributed by atoms with Crippen LogP contribution in [0.4, 0.5) is 17.6 Å². The van der Waals surface area contributed by atoms with Gasteiger partial charge in [0.15, 0.2) is 11.5 Å². The summed E-state index contributed by atoms with van der Waals surface area (Å²) in [6.45, 7) is 0. The summed E-state index contributed by atoms with van der Waals surface area (Å²) >= 11 is 5.68. The van der Waals surface area contributed by atoms with Gasteiger partial charge >= 0.3 is 6.18 Å². The Bertz CT molecular complexity index is 1230. The topological polar surface area (TPSA) is 43.9 Å². The molecule has 0 fully saturated rings. The minimum Gasteiger partial charge on any atom is -0.356 e. The first-order valence-electron chi connectivity index (χ1n) is 8.35. The summed E-state index contributed by atoms with van der Waals surface area (Å²) in [4.78, 5) is 0. The van der Waals surface area contributed by atoms with Gasteiger partial charge in [-0.3, -0.25) is 0 Å². The molecule has 2 heterocycles. The summed E-state index contributed by atoms with van der Waals surface area (Å²) in [6.07, 6.45) is -3.71. The number of aromatic nitrogens is 3. The predicted octanol–water partition coefficient (Wildman–Crippen LogP) is 6.58. The Morgan fingerprint density at radius 1 is 1.10 bits per heavy atom. The molecular formula is C20H11ClF4IN3O. The number of nitrogens with zero attached hydrogens (tertiary/aromatic N) is 3. The second-order valence-corrected chi connectivity index (χ2v) is 8.43. The van der Waals surface area contributed by atoms with E-state index in [4.69, 9.17) is 16.1 Å². The van der Waals surface area contributed by atoms with E-state index in [0.29, 0.717) is 21.0 Å². The number of halogens is 6. The van der Waals surface area contributed by atoms with E-state index in [0.717, 1.165) is 21.9 Å². The fourth-order valence-electron chi connectivity index (χ4n) is 2.95. The Hall–Kier alpha value is -2.53. The van der Waals surface area contributed by atoms with Gasteiger partial charge in [-0.25, -0.2) is 9.07 Å².